The Balaban J connectivity index is 1.91. The van der Waals surface area contributed by atoms with Crippen LogP contribution in [0.4, 0.5) is 0 Å². The van der Waals surface area contributed by atoms with Crippen LogP contribution in [0.25, 0.3) is 0 Å². The standard InChI is InChI=1S/C22H30O4/c1-4-26-12-21-8-5-6-13(2)18(21)16(11-23)20(25)22-9-7-15(10-17(21)22)14(3)19(22)24/h4,13,15-18,23H,1,3,5-12H2,2H3. The van der Waals surface area contributed by atoms with E-state index in [1.54, 1.807) is 0 Å². The first-order chi connectivity index (χ1) is 12.4. The summed E-state index contributed by atoms with van der Waals surface area (Å²) in [6, 6.07) is 0. The molecule has 7 atom stereocenters. The smallest absolute Gasteiger partial charge is 0.172 e. The molecule has 5 rings (SSSR count). The zero-order chi connectivity index (χ0) is 18.7. The molecule has 7 unspecified atom stereocenters. The number of aliphatic hydroxyl groups excluding tert-OH is 1. The van der Waals surface area contributed by atoms with E-state index in [-0.39, 0.29) is 41.3 Å². The molecule has 5 saturated carbocycles. The molecule has 0 radical (unpaired) electrons. The fraction of sp³-hybridized carbons (Fsp3) is 0.727. The third-order valence-electron chi connectivity index (χ3n) is 8.34. The highest BCUT2D eigenvalue weighted by molar-refractivity contribution is 6.17. The zero-order valence-corrected chi connectivity index (χ0v) is 15.7. The van der Waals surface area contributed by atoms with Gasteiger partial charge in [0.15, 0.2) is 11.6 Å². The van der Waals surface area contributed by atoms with Crippen LogP contribution in [0, 0.1) is 40.4 Å². The summed E-state index contributed by atoms with van der Waals surface area (Å²) < 4.78 is 5.76. The lowest BCUT2D eigenvalue weighted by molar-refractivity contribution is -0.202. The van der Waals surface area contributed by atoms with Crippen LogP contribution in [-0.2, 0) is 14.3 Å². The van der Waals surface area contributed by atoms with Crippen molar-refractivity contribution in [1.82, 2.24) is 0 Å². The van der Waals surface area contributed by atoms with Gasteiger partial charge in [-0.2, -0.15) is 0 Å². The first-order valence-corrected chi connectivity index (χ1v) is 10.0. The van der Waals surface area contributed by atoms with Crippen molar-refractivity contribution in [1.29, 1.82) is 0 Å². The Kier molecular flexibility index (Phi) is 4.18. The monoisotopic (exact) mass is 358 g/mol. The van der Waals surface area contributed by atoms with Gasteiger partial charge in [0.2, 0.25) is 0 Å². The van der Waals surface area contributed by atoms with Crippen LogP contribution in [-0.4, -0.2) is 29.9 Å². The normalized spacial score (nSPS) is 47.3. The van der Waals surface area contributed by atoms with Crippen LogP contribution >= 0.6 is 0 Å². The third kappa shape index (κ3) is 2.00. The van der Waals surface area contributed by atoms with Gasteiger partial charge in [-0.3, -0.25) is 9.59 Å². The summed E-state index contributed by atoms with van der Waals surface area (Å²) in [6.45, 7) is 10.3. The number of allylic oxidation sites excluding steroid dienone is 1. The SMILES string of the molecule is C=COCC12CCCC(C)C1C(CO)C(=O)C13CCC(CC12)C(=C)C3=O. The van der Waals surface area contributed by atoms with E-state index in [1.165, 1.54) is 6.26 Å². The van der Waals surface area contributed by atoms with Crippen molar-refractivity contribution < 1.29 is 19.4 Å². The number of rotatable bonds is 4. The van der Waals surface area contributed by atoms with Gasteiger partial charge in [0.1, 0.15) is 0 Å². The lowest BCUT2D eigenvalue weighted by atomic mass is 9.36. The van der Waals surface area contributed by atoms with E-state index in [2.05, 4.69) is 20.1 Å². The van der Waals surface area contributed by atoms with Crippen molar-refractivity contribution in [2.75, 3.05) is 13.2 Å². The van der Waals surface area contributed by atoms with Gasteiger partial charge in [0, 0.05) is 11.3 Å². The molecule has 4 heteroatoms. The molecule has 5 aliphatic rings. The van der Waals surface area contributed by atoms with Crippen molar-refractivity contribution in [3.8, 4) is 0 Å². The molecule has 5 fully saturated rings. The molecule has 0 saturated heterocycles. The van der Waals surface area contributed by atoms with Gasteiger partial charge in [-0.1, -0.05) is 32.9 Å². The predicted molar refractivity (Wildman–Crippen MR) is 98.1 cm³/mol. The summed E-state index contributed by atoms with van der Waals surface area (Å²) in [5.41, 5.74) is -0.570. The van der Waals surface area contributed by atoms with E-state index in [4.69, 9.17) is 4.74 Å². The molecule has 26 heavy (non-hydrogen) atoms. The molecule has 2 bridgehead atoms. The van der Waals surface area contributed by atoms with Crippen molar-refractivity contribution in [3.05, 3.63) is 25.0 Å². The molecular weight excluding hydrogens is 328 g/mol. The summed E-state index contributed by atoms with van der Waals surface area (Å²) >= 11 is 0. The highest BCUT2D eigenvalue weighted by atomic mass is 16.5. The number of ketones is 2. The lowest BCUT2D eigenvalue weighted by Crippen LogP contribution is -2.70. The van der Waals surface area contributed by atoms with Gasteiger partial charge >= 0.3 is 0 Å². The van der Waals surface area contributed by atoms with Crippen molar-refractivity contribution in [3.63, 3.8) is 0 Å². The van der Waals surface area contributed by atoms with Gasteiger partial charge in [-0.25, -0.2) is 0 Å². The van der Waals surface area contributed by atoms with Gasteiger partial charge in [0.05, 0.1) is 24.9 Å². The third-order valence-corrected chi connectivity index (χ3v) is 8.34. The summed E-state index contributed by atoms with van der Waals surface area (Å²) in [5.74, 6) is 0.104. The summed E-state index contributed by atoms with van der Waals surface area (Å²) in [6.07, 6.45) is 6.92. The second kappa shape index (κ2) is 6.05. The molecule has 0 amide bonds. The lowest BCUT2D eigenvalue weighted by Gasteiger charge is -2.66. The first-order valence-electron chi connectivity index (χ1n) is 10.0. The van der Waals surface area contributed by atoms with Gasteiger partial charge in [-0.15, -0.1) is 0 Å². The highest BCUT2D eigenvalue weighted by Gasteiger charge is 2.72. The van der Waals surface area contributed by atoms with Crippen LogP contribution < -0.4 is 0 Å². The molecule has 0 heterocycles. The number of hydrogen-bond acceptors (Lipinski definition) is 4. The number of fused-ring (bicyclic) bond motifs is 3. The molecule has 1 N–H and O–H groups in total. The summed E-state index contributed by atoms with van der Waals surface area (Å²) in [4.78, 5) is 27.0. The molecule has 5 aliphatic carbocycles. The Morgan fingerprint density at radius 3 is 2.77 bits per heavy atom. The molecule has 1 spiro atoms. The maximum absolute atomic E-state index is 13.7. The Morgan fingerprint density at radius 2 is 2.08 bits per heavy atom. The van der Waals surface area contributed by atoms with Crippen LogP contribution in [0.1, 0.15) is 45.4 Å². The fourth-order valence-electron chi connectivity index (χ4n) is 7.42. The average molecular weight is 358 g/mol. The maximum atomic E-state index is 13.7. The predicted octanol–water partition coefficient (Wildman–Crippen LogP) is 3.30. The fourth-order valence-corrected chi connectivity index (χ4v) is 7.42. The van der Waals surface area contributed by atoms with Crippen molar-refractivity contribution in [2.24, 2.45) is 40.4 Å². The Morgan fingerprint density at radius 1 is 1.31 bits per heavy atom. The van der Waals surface area contributed by atoms with Gasteiger partial charge in [-0.05, 0) is 54.9 Å². The number of Topliss-reactive ketones (excluding diaryl/α,β-unsaturated/α-hetero) is 2. The van der Waals surface area contributed by atoms with Crippen molar-refractivity contribution in [2.45, 2.75) is 45.4 Å². The molecule has 0 aromatic rings. The van der Waals surface area contributed by atoms with E-state index < -0.39 is 11.3 Å². The Labute approximate surface area is 155 Å². The quantitative estimate of drug-likeness (QED) is 0.476. The van der Waals surface area contributed by atoms with E-state index in [9.17, 15) is 14.7 Å². The van der Waals surface area contributed by atoms with Crippen LogP contribution in [0.2, 0.25) is 0 Å². The topological polar surface area (TPSA) is 63.6 Å². The largest absolute Gasteiger partial charge is 0.501 e. The minimum Gasteiger partial charge on any atom is -0.501 e. The summed E-state index contributed by atoms with van der Waals surface area (Å²) in [5, 5.41) is 10.2. The molecule has 142 valence electrons. The van der Waals surface area contributed by atoms with Crippen LogP contribution in [0.5, 0.6) is 0 Å². The van der Waals surface area contributed by atoms with Gasteiger partial charge < -0.3 is 9.84 Å². The molecule has 0 aromatic carbocycles. The molecule has 0 aliphatic heterocycles. The molecule has 0 aromatic heterocycles. The number of carbonyl (C=O) groups is 2. The van der Waals surface area contributed by atoms with Crippen LogP contribution in [0.15, 0.2) is 25.0 Å². The van der Waals surface area contributed by atoms with Gasteiger partial charge in [0.25, 0.3) is 0 Å². The average Bonchev–Trinajstić information content (AvgIpc) is 2.65. The first kappa shape index (κ1) is 18.0. The minimum absolute atomic E-state index is 0.00903. The maximum Gasteiger partial charge on any atom is 0.172 e. The number of hydrogen-bond donors (Lipinski definition) is 1. The van der Waals surface area contributed by atoms with E-state index in [0.29, 0.717) is 24.5 Å². The number of carbonyl (C=O) groups excluding carboxylic acids is 2. The van der Waals surface area contributed by atoms with E-state index in [0.717, 1.165) is 32.1 Å². The van der Waals surface area contributed by atoms with E-state index in [1.807, 2.05) is 0 Å². The Bertz CT molecular complexity index is 667. The minimum atomic E-state index is -0.975. The summed E-state index contributed by atoms with van der Waals surface area (Å²) in [7, 11) is 0. The molecule has 4 nitrogen and oxygen atoms in total. The van der Waals surface area contributed by atoms with Crippen LogP contribution in [0.3, 0.4) is 0 Å². The molecular formula is C22H30O4. The second-order valence-electron chi connectivity index (χ2n) is 9.11. The van der Waals surface area contributed by atoms with Crippen molar-refractivity contribution >= 4 is 11.6 Å². The number of aliphatic hydroxyl groups is 1. The zero-order valence-electron chi connectivity index (χ0n) is 15.7. The second-order valence-corrected chi connectivity index (χ2v) is 9.11. The number of ether oxygens (including phenoxy) is 1. The Hall–Kier alpha value is -1.42. The highest BCUT2D eigenvalue weighted by Crippen LogP contribution is 2.69. The van der Waals surface area contributed by atoms with E-state index >= 15 is 0 Å².